The van der Waals surface area contributed by atoms with E-state index in [1.54, 1.807) is 7.11 Å². The van der Waals surface area contributed by atoms with E-state index in [1.807, 2.05) is 0 Å². The lowest BCUT2D eigenvalue weighted by molar-refractivity contribution is 0.0841. The van der Waals surface area contributed by atoms with Crippen molar-refractivity contribution < 1.29 is 4.74 Å². The van der Waals surface area contributed by atoms with Crippen molar-refractivity contribution in [1.82, 2.24) is 5.32 Å². The quantitative estimate of drug-likeness (QED) is 0.610. The summed E-state index contributed by atoms with van der Waals surface area (Å²) in [6.45, 7) is 12.3. The van der Waals surface area contributed by atoms with Crippen LogP contribution in [-0.2, 0) is 4.74 Å². The molecule has 16 heavy (non-hydrogen) atoms. The highest BCUT2D eigenvalue weighted by Crippen LogP contribution is 2.22. The van der Waals surface area contributed by atoms with Crippen LogP contribution < -0.4 is 5.32 Å². The molecule has 0 saturated heterocycles. The summed E-state index contributed by atoms with van der Waals surface area (Å²) >= 11 is 0. The molecule has 0 fully saturated rings. The van der Waals surface area contributed by atoms with Crippen LogP contribution in [0.25, 0.3) is 0 Å². The van der Waals surface area contributed by atoms with Gasteiger partial charge in [0.1, 0.15) is 0 Å². The van der Waals surface area contributed by atoms with Gasteiger partial charge in [-0.2, -0.15) is 0 Å². The molecule has 2 atom stereocenters. The molecule has 2 nitrogen and oxygen atoms in total. The van der Waals surface area contributed by atoms with Gasteiger partial charge in [0.25, 0.3) is 0 Å². The Morgan fingerprint density at radius 3 is 2.31 bits per heavy atom. The zero-order valence-corrected chi connectivity index (χ0v) is 12.1. The molecule has 0 rings (SSSR count). The average molecular weight is 229 g/mol. The smallest absolute Gasteiger partial charge is 0.0693 e. The summed E-state index contributed by atoms with van der Waals surface area (Å²) in [5.41, 5.74) is 0.400. The topological polar surface area (TPSA) is 21.3 Å². The van der Waals surface area contributed by atoms with Gasteiger partial charge in [-0.25, -0.2) is 0 Å². The molecule has 0 spiro atoms. The number of unbranched alkanes of at least 4 members (excludes halogenated alkanes) is 2. The van der Waals surface area contributed by atoms with E-state index in [0.717, 1.165) is 6.54 Å². The van der Waals surface area contributed by atoms with Gasteiger partial charge in [0.15, 0.2) is 0 Å². The standard InChI is InChI=1S/C14H31NO/c1-7-8-9-10-14(4,5)11-15-12(2)13(3)16-6/h12-13,15H,7-11H2,1-6H3. The molecular weight excluding hydrogens is 198 g/mol. The first-order chi connectivity index (χ1) is 7.43. The summed E-state index contributed by atoms with van der Waals surface area (Å²) in [5.74, 6) is 0. The second-order valence-electron chi connectivity index (χ2n) is 5.73. The first-order valence-electron chi connectivity index (χ1n) is 6.69. The fourth-order valence-corrected chi connectivity index (χ4v) is 1.75. The highest BCUT2D eigenvalue weighted by atomic mass is 16.5. The van der Waals surface area contributed by atoms with E-state index in [9.17, 15) is 0 Å². The van der Waals surface area contributed by atoms with Gasteiger partial charge in [-0.1, -0.05) is 40.0 Å². The van der Waals surface area contributed by atoms with Crippen LogP contribution in [0.15, 0.2) is 0 Å². The first kappa shape index (κ1) is 15.9. The molecular formula is C14H31NO. The molecule has 0 heterocycles. The van der Waals surface area contributed by atoms with Crippen LogP contribution in [0.5, 0.6) is 0 Å². The van der Waals surface area contributed by atoms with Crippen LogP contribution in [0.3, 0.4) is 0 Å². The van der Waals surface area contributed by atoms with Gasteiger partial charge in [0.2, 0.25) is 0 Å². The molecule has 0 aromatic heterocycles. The first-order valence-corrected chi connectivity index (χ1v) is 6.69. The Balaban J connectivity index is 3.79. The number of nitrogens with one attached hydrogen (secondary N) is 1. The second kappa shape index (κ2) is 8.08. The van der Waals surface area contributed by atoms with Gasteiger partial charge in [-0.15, -0.1) is 0 Å². The lowest BCUT2D eigenvalue weighted by atomic mass is 9.86. The molecule has 0 aliphatic carbocycles. The molecule has 0 radical (unpaired) electrons. The van der Waals surface area contributed by atoms with E-state index < -0.39 is 0 Å². The summed E-state index contributed by atoms with van der Waals surface area (Å²) in [5, 5.41) is 3.58. The van der Waals surface area contributed by atoms with Crippen molar-refractivity contribution in [3.8, 4) is 0 Å². The van der Waals surface area contributed by atoms with E-state index in [0.29, 0.717) is 11.5 Å². The van der Waals surface area contributed by atoms with Crippen LogP contribution in [0, 0.1) is 5.41 Å². The molecule has 2 unspecified atom stereocenters. The van der Waals surface area contributed by atoms with Crippen molar-refractivity contribution >= 4 is 0 Å². The number of hydrogen-bond donors (Lipinski definition) is 1. The van der Waals surface area contributed by atoms with E-state index in [-0.39, 0.29) is 6.10 Å². The largest absolute Gasteiger partial charge is 0.380 e. The lowest BCUT2D eigenvalue weighted by Gasteiger charge is -2.29. The van der Waals surface area contributed by atoms with Crippen molar-refractivity contribution in [3.05, 3.63) is 0 Å². The van der Waals surface area contributed by atoms with Gasteiger partial charge < -0.3 is 10.1 Å². The van der Waals surface area contributed by atoms with Crippen molar-refractivity contribution in [2.75, 3.05) is 13.7 Å². The van der Waals surface area contributed by atoms with Gasteiger partial charge >= 0.3 is 0 Å². The lowest BCUT2D eigenvalue weighted by Crippen LogP contribution is -2.41. The van der Waals surface area contributed by atoms with Gasteiger partial charge in [0.05, 0.1) is 6.10 Å². The zero-order chi connectivity index (χ0) is 12.6. The van der Waals surface area contributed by atoms with Crippen molar-refractivity contribution in [1.29, 1.82) is 0 Å². The van der Waals surface area contributed by atoms with E-state index in [2.05, 4.69) is 39.9 Å². The summed E-state index contributed by atoms with van der Waals surface area (Å²) in [4.78, 5) is 0. The summed E-state index contributed by atoms with van der Waals surface area (Å²) < 4.78 is 5.31. The maximum atomic E-state index is 5.31. The number of ether oxygens (including phenoxy) is 1. The molecule has 2 heteroatoms. The Morgan fingerprint density at radius 1 is 1.19 bits per heavy atom. The normalized spacial score (nSPS) is 16.1. The summed E-state index contributed by atoms with van der Waals surface area (Å²) in [6.07, 6.45) is 5.60. The highest BCUT2D eigenvalue weighted by molar-refractivity contribution is 4.76. The third-order valence-electron chi connectivity index (χ3n) is 3.44. The fourth-order valence-electron chi connectivity index (χ4n) is 1.75. The molecule has 0 aromatic carbocycles. The van der Waals surface area contributed by atoms with E-state index >= 15 is 0 Å². The van der Waals surface area contributed by atoms with E-state index in [1.165, 1.54) is 25.7 Å². The van der Waals surface area contributed by atoms with Crippen LogP contribution in [0.2, 0.25) is 0 Å². The highest BCUT2D eigenvalue weighted by Gasteiger charge is 2.19. The van der Waals surface area contributed by atoms with E-state index in [4.69, 9.17) is 4.74 Å². The fraction of sp³-hybridized carbons (Fsp3) is 1.00. The molecule has 0 aromatic rings. The molecule has 0 bridgehead atoms. The monoisotopic (exact) mass is 229 g/mol. The molecule has 98 valence electrons. The van der Waals surface area contributed by atoms with Gasteiger partial charge in [0, 0.05) is 19.7 Å². The minimum absolute atomic E-state index is 0.284. The Hall–Kier alpha value is -0.0800. The van der Waals surface area contributed by atoms with Crippen LogP contribution in [0.1, 0.15) is 60.3 Å². The SMILES string of the molecule is CCCCCC(C)(C)CNC(C)C(C)OC. The predicted octanol–water partition coefficient (Wildman–Crippen LogP) is 3.61. The second-order valence-corrected chi connectivity index (χ2v) is 5.73. The summed E-state index contributed by atoms with van der Waals surface area (Å²) in [6, 6.07) is 0.426. The van der Waals surface area contributed by atoms with Crippen LogP contribution >= 0.6 is 0 Å². The third kappa shape index (κ3) is 7.24. The van der Waals surface area contributed by atoms with Crippen molar-refractivity contribution in [3.63, 3.8) is 0 Å². The van der Waals surface area contributed by atoms with Gasteiger partial charge in [-0.05, 0) is 25.7 Å². The Bertz CT molecular complexity index is 168. The van der Waals surface area contributed by atoms with Crippen molar-refractivity contribution in [2.24, 2.45) is 5.41 Å². The van der Waals surface area contributed by atoms with Crippen molar-refractivity contribution in [2.45, 2.75) is 72.4 Å². The number of rotatable bonds is 9. The summed E-state index contributed by atoms with van der Waals surface area (Å²) in [7, 11) is 1.77. The number of methoxy groups -OCH3 is 1. The Labute approximate surface area is 102 Å². The number of hydrogen-bond acceptors (Lipinski definition) is 2. The maximum absolute atomic E-state index is 5.31. The van der Waals surface area contributed by atoms with Gasteiger partial charge in [-0.3, -0.25) is 0 Å². The molecule has 0 amide bonds. The minimum atomic E-state index is 0.284. The van der Waals surface area contributed by atoms with Crippen LogP contribution in [-0.4, -0.2) is 25.8 Å². The molecule has 0 saturated carbocycles. The molecule has 0 aliphatic heterocycles. The predicted molar refractivity (Wildman–Crippen MR) is 71.9 cm³/mol. The average Bonchev–Trinajstić information content (AvgIpc) is 2.25. The Kier molecular flexibility index (Phi) is 8.04. The molecule has 0 aliphatic rings. The minimum Gasteiger partial charge on any atom is -0.380 e. The third-order valence-corrected chi connectivity index (χ3v) is 3.44. The maximum Gasteiger partial charge on any atom is 0.0693 e. The van der Waals surface area contributed by atoms with Crippen LogP contribution in [0.4, 0.5) is 0 Å². The molecule has 1 N–H and O–H groups in total. The Morgan fingerprint density at radius 2 is 1.81 bits per heavy atom. The zero-order valence-electron chi connectivity index (χ0n) is 12.1.